The number of allylic oxidation sites excluding steroid dienone is 1. The Morgan fingerprint density at radius 3 is 2.60 bits per heavy atom. The minimum atomic E-state index is 0.477. The van der Waals surface area contributed by atoms with Gasteiger partial charge in [-0.05, 0) is 43.5 Å². The molecule has 1 aromatic heterocycles. The Hall–Kier alpha value is -3.07. The molecule has 0 fully saturated rings. The molecule has 6 heteroatoms. The van der Waals surface area contributed by atoms with Gasteiger partial charge in [0.1, 0.15) is 11.6 Å². The Morgan fingerprint density at radius 1 is 1.24 bits per heavy atom. The summed E-state index contributed by atoms with van der Waals surface area (Å²) in [7, 11) is 3.22. The maximum Gasteiger partial charge on any atom is 0.167 e. The second-order valence-electron chi connectivity index (χ2n) is 5.58. The first kappa shape index (κ1) is 18.3. The third-order valence-electron chi connectivity index (χ3n) is 4.01. The summed E-state index contributed by atoms with van der Waals surface area (Å²) in [5.41, 5.74) is 4.07. The number of aromatic nitrogens is 2. The van der Waals surface area contributed by atoms with Crippen molar-refractivity contribution in [3.05, 3.63) is 52.7 Å². The van der Waals surface area contributed by atoms with Crippen molar-refractivity contribution >= 4 is 5.82 Å². The molecule has 0 saturated heterocycles. The highest BCUT2D eigenvalue weighted by atomic mass is 16.5. The lowest BCUT2D eigenvalue weighted by Crippen LogP contribution is -2.08. The van der Waals surface area contributed by atoms with Crippen LogP contribution in [0.3, 0.4) is 0 Å². The summed E-state index contributed by atoms with van der Waals surface area (Å²) >= 11 is 0. The number of nitrogens with one attached hydrogen (secondary N) is 1. The van der Waals surface area contributed by atoms with E-state index in [1.54, 1.807) is 14.2 Å². The highest BCUT2D eigenvalue weighted by Crippen LogP contribution is 2.33. The minimum absolute atomic E-state index is 0.477. The topological polar surface area (TPSA) is 80.1 Å². The zero-order chi connectivity index (χ0) is 18.4. The molecule has 6 nitrogen and oxygen atoms in total. The molecular formula is C19H22N4O2. The zero-order valence-electron chi connectivity index (χ0n) is 15.0. The highest BCUT2D eigenvalue weighted by Gasteiger charge is 2.14. The normalized spacial score (nSPS) is 10.0. The van der Waals surface area contributed by atoms with E-state index in [0.29, 0.717) is 35.8 Å². The molecule has 0 radical (unpaired) electrons. The van der Waals surface area contributed by atoms with Crippen LogP contribution >= 0.6 is 0 Å². The molecule has 1 N–H and O–H groups in total. The smallest absolute Gasteiger partial charge is 0.167 e. The second-order valence-corrected chi connectivity index (χ2v) is 5.58. The van der Waals surface area contributed by atoms with Gasteiger partial charge in [-0.3, -0.25) is 0 Å². The molecule has 0 unspecified atom stereocenters. The second kappa shape index (κ2) is 8.15. The Balaban J connectivity index is 2.33. The van der Waals surface area contributed by atoms with Crippen LogP contribution in [-0.4, -0.2) is 24.4 Å². The van der Waals surface area contributed by atoms with Crippen molar-refractivity contribution in [2.24, 2.45) is 0 Å². The standard InChI is InChI=1S/C19H22N4O2/c1-6-7-15-8-14(9-17(24-4)18(15)25-5)11-21-19-16(10-20)12(2)13(3)22-23-19/h6,8-9H,1,7,11H2,2-5H3,(H,21,23). The summed E-state index contributed by atoms with van der Waals surface area (Å²) in [4.78, 5) is 0. The predicted molar refractivity (Wildman–Crippen MR) is 97.0 cm³/mol. The number of nitriles is 1. The average molecular weight is 338 g/mol. The molecular weight excluding hydrogens is 316 g/mol. The van der Waals surface area contributed by atoms with Crippen molar-refractivity contribution in [1.82, 2.24) is 10.2 Å². The Labute approximate surface area is 148 Å². The summed E-state index contributed by atoms with van der Waals surface area (Å²) in [6.45, 7) is 7.97. The maximum atomic E-state index is 9.38. The molecule has 0 amide bonds. The molecule has 0 aliphatic rings. The number of rotatable bonds is 7. The summed E-state index contributed by atoms with van der Waals surface area (Å²) in [6.07, 6.45) is 2.48. The van der Waals surface area contributed by atoms with Crippen LogP contribution in [0.1, 0.15) is 27.9 Å². The van der Waals surface area contributed by atoms with E-state index in [2.05, 4.69) is 28.2 Å². The first-order valence-corrected chi connectivity index (χ1v) is 7.88. The summed E-state index contributed by atoms with van der Waals surface area (Å²) in [6, 6.07) is 6.12. The number of ether oxygens (including phenoxy) is 2. The lowest BCUT2D eigenvalue weighted by Gasteiger charge is -2.15. The molecule has 2 rings (SSSR count). The number of methoxy groups -OCH3 is 2. The van der Waals surface area contributed by atoms with E-state index in [0.717, 1.165) is 22.4 Å². The first-order chi connectivity index (χ1) is 12.0. The highest BCUT2D eigenvalue weighted by molar-refractivity contribution is 5.57. The van der Waals surface area contributed by atoms with Gasteiger partial charge in [-0.25, -0.2) is 0 Å². The van der Waals surface area contributed by atoms with E-state index in [4.69, 9.17) is 9.47 Å². The summed E-state index contributed by atoms with van der Waals surface area (Å²) < 4.78 is 10.9. The van der Waals surface area contributed by atoms with Crippen molar-refractivity contribution in [2.75, 3.05) is 19.5 Å². The van der Waals surface area contributed by atoms with Gasteiger partial charge in [-0.2, -0.15) is 10.4 Å². The van der Waals surface area contributed by atoms with Crippen LogP contribution in [0.25, 0.3) is 0 Å². The van der Waals surface area contributed by atoms with E-state index in [-0.39, 0.29) is 0 Å². The monoisotopic (exact) mass is 338 g/mol. The van der Waals surface area contributed by atoms with Gasteiger partial charge in [-0.1, -0.05) is 6.08 Å². The zero-order valence-corrected chi connectivity index (χ0v) is 15.0. The van der Waals surface area contributed by atoms with Crippen molar-refractivity contribution in [3.8, 4) is 17.6 Å². The number of aryl methyl sites for hydroxylation is 1. The molecule has 0 atom stereocenters. The molecule has 2 aromatic rings. The van der Waals surface area contributed by atoms with Crippen LogP contribution < -0.4 is 14.8 Å². The fourth-order valence-corrected chi connectivity index (χ4v) is 2.57. The molecule has 1 heterocycles. The van der Waals surface area contributed by atoms with Crippen LogP contribution in [0, 0.1) is 25.2 Å². The Kier molecular flexibility index (Phi) is 5.96. The maximum absolute atomic E-state index is 9.38. The van der Waals surface area contributed by atoms with Crippen molar-refractivity contribution < 1.29 is 9.47 Å². The van der Waals surface area contributed by atoms with Crippen molar-refractivity contribution in [1.29, 1.82) is 5.26 Å². The molecule has 25 heavy (non-hydrogen) atoms. The molecule has 0 aliphatic heterocycles. The quantitative estimate of drug-likeness (QED) is 0.780. The molecule has 0 saturated carbocycles. The van der Waals surface area contributed by atoms with Crippen LogP contribution in [-0.2, 0) is 13.0 Å². The number of hydrogen-bond donors (Lipinski definition) is 1. The molecule has 130 valence electrons. The van der Waals surface area contributed by atoms with Crippen LogP contribution in [0.5, 0.6) is 11.5 Å². The third kappa shape index (κ3) is 3.89. The van der Waals surface area contributed by atoms with Gasteiger partial charge in [0, 0.05) is 12.1 Å². The van der Waals surface area contributed by atoms with Gasteiger partial charge in [-0.15, -0.1) is 11.7 Å². The van der Waals surface area contributed by atoms with E-state index >= 15 is 0 Å². The Morgan fingerprint density at radius 2 is 2.00 bits per heavy atom. The minimum Gasteiger partial charge on any atom is -0.493 e. The summed E-state index contributed by atoms with van der Waals surface area (Å²) in [5, 5.41) is 20.8. The van der Waals surface area contributed by atoms with Gasteiger partial charge in [0.25, 0.3) is 0 Å². The van der Waals surface area contributed by atoms with Crippen molar-refractivity contribution in [2.45, 2.75) is 26.8 Å². The van der Waals surface area contributed by atoms with Crippen LogP contribution in [0.4, 0.5) is 5.82 Å². The van der Waals surface area contributed by atoms with Gasteiger partial charge in [0.05, 0.1) is 19.9 Å². The largest absolute Gasteiger partial charge is 0.493 e. The summed E-state index contributed by atoms with van der Waals surface area (Å²) in [5.74, 6) is 1.84. The van der Waals surface area contributed by atoms with E-state index in [1.807, 2.05) is 32.1 Å². The van der Waals surface area contributed by atoms with E-state index in [9.17, 15) is 5.26 Å². The van der Waals surface area contributed by atoms with E-state index < -0.39 is 0 Å². The molecule has 0 spiro atoms. The molecule has 0 aliphatic carbocycles. The molecule has 1 aromatic carbocycles. The van der Waals surface area contributed by atoms with E-state index in [1.165, 1.54) is 0 Å². The van der Waals surface area contributed by atoms with Crippen LogP contribution in [0.15, 0.2) is 24.8 Å². The predicted octanol–water partition coefficient (Wildman–Crippen LogP) is 3.32. The van der Waals surface area contributed by atoms with Gasteiger partial charge in [0.2, 0.25) is 0 Å². The molecule has 0 bridgehead atoms. The fourth-order valence-electron chi connectivity index (χ4n) is 2.57. The number of anilines is 1. The van der Waals surface area contributed by atoms with Gasteiger partial charge >= 0.3 is 0 Å². The number of benzene rings is 1. The number of hydrogen-bond acceptors (Lipinski definition) is 6. The number of nitrogens with zero attached hydrogens (tertiary/aromatic N) is 3. The third-order valence-corrected chi connectivity index (χ3v) is 4.01. The van der Waals surface area contributed by atoms with Gasteiger partial charge in [0.15, 0.2) is 17.3 Å². The lowest BCUT2D eigenvalue weighted by atomic mass is 10.1. The lowest BCUT2D eigenvalue weighted by molar-refractivity contribution is 0.352. The van der Waals surface area contributed by atoms with Crippen LogP contribution in [0.2, 0.25) is 0 Å². The fraction of sp³-hybridized carbons (Fsp3) is 0.316. The average Bonchev–Trinajstić information content (AvgIpc) is 2.62. The van der Waals surface area contributed by atoms with Crippen molar-refractivity contribution in [3.63, 3.8) is 0 Å². The first-order valence-electron chi connectivity index (χ1n) is 7.88. The Bertz CT molecular complexity index is 825. The van der Waals surface area contributed by atoms with Gasteiger partial charge < -0.3 is 14.8 Å². The SMILES string of the molecule is C=CCc1cc(CNc2nnc(C)c(C)c2C#N)cc(OC)c1OC.